The van der Waals surface area contributed by atoms with Gasteiger partial charge in [0.15, 0.2) is 0 Å². The van der Waals surface area contributed by atoms with Crippen molar-refractivity contribution in [1.82, 2.24) is 9.62 Å². The van der Waals surface area contributed by atoms with E-state index in [0.29, 0.717) is 11.5 Å². The van der Waals surface area contributed by atoms with E-state index < -0.39 is 10.0 Å². The van der Waals surface area contributed by atoms with Crippen LogP contribution in [0.25, 0.3) is 0 Å². The van der Waals surface area contributed by atoms with Gasteiger partial charge in [-0.15, -0.1) is 0 Å². The predicted molar refractivity (Wildman–Crippen MR) is 76.4 cm³/mol. The first-order valence-electron chi connectivity index (χ1n) is 6.62. The van der Waals surface area contributed by atoms with Gasteiger partial charge in [0.2, 0.25) is 15.9 Å². The molecule has 0 heterocycles. The minimum Gasteiger partial charge on any atom is -0.352 e. The summed E-state index contributed by atoms with van der Waals surface area (Å²) in [5.41, 5.74) is 0.614. The van der Waals surface area contributed by atoms with Gasteiger partial charge in [0.05, 0.1) is 4.90 Å². The average molecular weight is 296 g/mol. The number of sulfonamides is 1. The van der Waals surface area contributed by atoms with Crippen molar-refractivity contribution in [2.45, 2.75) is 24.8 Å². The molecule has 0 aromatic heterocycles. The van der Waals surface area contributed by atoms with Crippen LogP contribution < -0.4 is 5.32 Å². The molecule has 1 N–H and O–H groups in total. The van der Waals surface area contributed by atoms with Crippen LogP contribution in [-0.2, 0) is 21.4 Å². The van der Waals surface area contributed by atoms with E-state index in [-0.39, 0.29) is 23.3 Å². The van der Waals surface area contributed by atoms with Gasteiger partial charge in [-0.05, 0) is 24.0 Å². The first kappa shape index (κ1) is 15.0. The summed E-state index contributed by atoms with van der Waals surface area (Å²) in [6.45, 7) is 2.28. The number of benzene rings is 1. The number of amides is 1. The van der Waals surface area contributed by atoms with Crippen LogP contribution >= 0.6 is 0 Å². The minimum atomic E-state index is -3.49. The molecule has 0 bridgehead atoms. The summed E-state index contributed by atoms with van der Waals surface area (Å²) in [7, 11) is -0.496. The smallest absolute Gasteiger partial charge is 0.242 e. The molecule has 1 aliphatic rings. The molecule has 6 heteroatoms. The number of hydrogen-bond donors (Lipinski definition) is 1. The molecule has 1 aliphatic carbocycles. The van der Waals surface area contributed by atoms with Crippen LogP contribution in [0, 0.1) is 11.8 Å². The van der Waals surface area contributed by atoms with Crippen molar-refractivity contribution in [1.29, 1.82) is 0 Å². The Hall–Kier alpha value is -1.40. The number of carbonyl (C=O) groups is 1. The van der Waals surface area contributed by atoms with Crippen LogP contribution in [0.15, 0.2) is 29.2 Å². The Morgan fingerprint density at radius 3 is 2.50 bits per heavy atom. The molecule has 110 valence electrons. The van der Waals surface area contributed by atoms with Crippen molar-refractivity contribution < 1.29 is 13.2 Å². The van der Waals surface area contributed by atoms with Crippen molar-refractivity contribution in [3.05, 3.63) is 29.8 Å². The maximum absolute atomic E-state index is 12.2. The molecule has 0 radical (unpaired) electrons. The van der Waals surface area contributed by atoms with Gasteiger partial charge < -0.3 is 5.32 Å². The zero-order valence-electron chi connectivity index (χ0n) is 12.0. The SMILES string of the molecule is C[C@@H]1C[C@H]1C(=O)NCc1ccccc1S(=O)(=O)N(C)C. The average Bonchev–Trinajstić information content (AvgIpc) is 3.13. The van der Waals surface area contributed by atoms with Gasteiger partial charge in [-0.2, -0.15) is 0 Å². The van der Waals surface area contributed by atoms with Gasteiger partial charge >= 0.3 is 0 Å². The highest BCUT2D eigenvalue weighted by atomic mass is 32.2. The Labute approximate surface area is 120 Å². The summed E-state index contributed by atoms with van der Waals surface area (Å²) in [5.74, 6) is 0.540. The lowest BCUT2D eigenvalue weighted by Crippen LogP contribution is -2.28. The minimum absolute atomic E-state index is 0.00885. The van der Waals surface area contributed by atoms with Gasteiger partial charge in [-0.25, -0.2) is 12.7 Å². The third-order valence-corrected chi connectivity index (χ3v) is 5.55. The second kappa shape index (κ2) is 5.54. The monoisotopic (exact) mass is 296 g/mol. The fraction of sp³-hybridized carbons (Fsp3) is 0.500. The maximum atomic E-state index is 12.2. The zero-order valence-corrected chi connectivity index (χ0v) is 12.8. The summed E-state index contributed by atoms with van der Waals surface area (Å²) in [4.78, 5) is 12.1. The molecule has 2 rings (SSSR count). The molecule has 1 saturated carbocycles. The highest BCUT2D eigenvalue weighted by Gasteiger charge is 2.38. The molecular formula is C14H20N2O3S. The fourth-order valence-corrected chi connectivity index (χ4v) is 3.21. The van der Waals surface area contributed by atoms with Gasteiger partial charge in [-0.1, -0.05) is 25.1 Å². The normalized spacial score (nSPS) is 21.8. The van der Waals surface area contributed by atoms with E-state index in [0.717, 1.165) is 6.42 Å². The lowest BCUT2D eigenvalue weighted by Gasteiger charge is -2.15. The Morgan fingerprint density at radius 2 is 1.95 bits per heavy atom. The Kier molecular flexibility index (Phi) is 4.15. The largest absolute Gasteiger partial charge is 0.352 e. The van der Waals surface area contributed by atoms with Crippen LogP contribution in [0.3, 0.4) is 0 Å². The van der Waals surface area contributed by atoms with E-state index in [1.54, 1.807) is 24.3 Å². The molecular weight excluding hydrogens is 276 g/mol. The van der Waals surface area contributed by atoms with Crippen molar-refractivity contribution in [3.8, 4) is 0 Å². The third-order valence-electron chi connectivity index (χ3n) is 3.63. The maximum Gasteiger partial charge on any atom is 0.242 e. The second-order valence-corrected chi connectivity index (χ2v) is 7.55. The van der Waals surface area contributed by atoms with E-state index >= 15 is 0 Å². The van der Waals surface area contributed by atoms with E-state index in [2.05, 4.69) is 5.32 Å². The first-order valence-corrected chi connectivity index (χ1v) is 8.06. The molecule has 20 heavy (non-hydrogen) atoms. The first-order chi connectivity index (χ1) is 9.34. The molecule has 1 aromatic carbocycles. The Morgan fingerprint density at radius 1 is 1.35 bits per heavy atom. The second-order valence-electron chi connectivity index (χ2n) is 5.43. The van der Waals surface area contributed by atoms with Crippen molar-refractivity contribution in [2.24, 2.45) is 11.8 Å². The molecule has 0 aliphatic heterocycles. The molecule has 1 amide bonds. The summed E-state index contributed by atoms with van der Waals surface area (Å²) in [6.07, 6.45) is 0.920. The Balaban J connectivity index is 2.14. The summed E-state index contributed by atoms with van der Waals surface area (Å²) >= 11 is 0. The van der Waals surface area contributed by atoms with Crippen molar-refractivity contribution in [3.63, 3.8) is 0 Å². The number of rotatable bonds is 5. The van der Waals surface area contributed by atoms with Crippen LogP contribution in [0.4, 0.5) is 0 Å². The van der Waals surface area contributed by atoms with Crippen molar-refractivity contribution in [2.75, 3.05) is 14.1 Å². The van der Waals surface area contributed by atoms with Crippen LogP contribution in [0.1, 0.15) is 18.9 Å². The molecule has 1 aromatic rings. The van der Waals surface area contributed by atoms with E-state index in [1.165, 1.54) is 18.4 Å². The molecule has 0 spiro atoms. The molecule has 0 unspecified atom stereocenters. The highest BCUT2D eigenvalue weighted by molar-refractivity contribution is 7.89. The van der Waals surface area contributed by atoms with Crippen LogP contribution in [-0.4, -0.2) is 32.7 Å². The molecule has 2 atom stereocenters. The van der Waals surface area contributed by atoms with E-state index in [4.69, 9.17) is 0 Å². The topological polar surface area (TPSA) is 66.5 Å². The quantitative estimate of drug-likeness (QED) is 0.888. The number of carbonyl (C=O) groups excluding carboxylic acids is 1. The van der Waals surface area contributed by atoms with Crippen LogP contribution in [0.5, 0.6) is 0 Å². The lowest BCUT2D eigenvalue weighted by atomic mass is 10.2. The molecule has 5 nitrogen and oxygen atoms in total. The van der Waals surface area contributed by atoms with Gasteiger partial charge in [0.25, 0.3) is 0 Å². The number of nitrogens with one attached hydrogen (secondary N) is 1. The van der Waals surface area contributed by atoms with Gasteiger partial charge in [-0.3, -0.25) is 4.79 Å². The van der Waals surface area contributed by atoms with E-state index in [1.807, 2.05) is 6.92 Å². The van der Waals surface area contributed by atoms with Crippen LogP contribution in [0.2, 0.25) is 0 Å². The highest BCUT2D eigenvalue weighted by Crippen LogP contribution is 2.37. The summed E-state index contributed by atoms with van der Waals surface area (Å²) < 4.78 is 25.6. The van der Waals surface area contributed by atoms with E-state index in [9.17, 15) is 13.2 Å². The zero-order chi connectivity index (χ0) is 14.9. The predicted octanol–water partition coefficient (Wildman–Crippen LogP) is 1.21. The standard InChI is InChI=1S/C14H20N2O3S/c1-10-8-12(10)14(17)15-9-11-6-4-5-7-13(11)20(18,19)16(2)3/h4-7,10,12H,8-9H2,1-3H3,(H,15,17)/t10-,12-/m1/s1. The van der Waals surface area contributed by atoms with Gasteiger partial charge in [0, 0.05) is 26.6 Å². The summed E-state index contributed by atoms with van der Waals surface area (Å²) in [5, 5.41) is 2.82. The van der Waals surface area contributed by atoms with Gasteiger partial charge in [0.1, 0.15) is 0 Å². The molecule has 0 saturated heterocycles. The van der Waals surface area contributed by atoms with Crippen molar-refractivity contribution >= 4 is 15.9 Å². The fourth-order valence-electron chi connectivity index (χ4n) is 2.10. The Bertz CT molecular complexity index is 611. The summed E-state index contributed by atoms with van der Waals surface area (Å²) in [6, 6.07) is 6.75. The molecule has 1 fully saturated rings. The number of nitrogens with zero attached hydrogens (tertiary/aromatic N) is 1. The lowest BCUT2D eigenvalue weighted by molar-refractivity contribution is -0.122. The third kappa shape index (κ3) is 3.02. The number of hydrogen-bond acceptors (Lipinski definition) is 3.